The number of amides is 1. The van der Waals surface area contributed by atoms with E-state index in [1.165, 1.54) is 25.3 Å². The fraction of sp³-hybridized carbons (Fsp3) is 0.133. The van der Waals surface area contributed by atoms with E-state index in [4.69, 9.17) is 10.5 Å². The van der Waals surface area contributed by atoms with Crippen molar-refractivity contribution in [1.29, 1.82) is 0 Å². The van der Waals surface area contributed by atoms with Crippen LogP contribution in [0.2, 0.25) is 0 Å². The molecule has 0 heterocycles. The predicted octanol–water partition coefficient (Wildman–Crippen LogP) is 2.49. The summed E-state index contributed by atoms with van der Waals surface area (Å²) >= 11 is 0. The Hall–Kier alpha value is -2.63. The van der Waals surface area contributed by atoms with Crippen molar-refractivity contribution in [3.8, 4) is 5.75 Å². The first-order valence-electron chi connectivity index (χ1n) is 6.17. The number of methoxy groups -OCH3 is 1. The lowest BCUT2D eigenvalue weighted by atomic mass is 10.1. The zero-order chi connectivity index (χ0) is 15.4. The van der Waals surface area contributed by atoms with Gasteiger partial charge in [0, 0.05) is 17.7 Å². The van der Waals surface area contributed by atoms with Gasteiger partial charge in [-0.05, 0) is 36.4 Å². The van der Waals surface area contributed by atoms with Gasteiger partial charge in [-0.1, -0.05) is 0 Å². The molecule has 1 amide bonds. The van der Waals surface area contributed by atoms with E-state index in [9.17, 15) is 13.6 Å². The first kappa shape index (κ1) is 14.8. The molecule has 110 valence electrons. The molecule has 0 bridgehead atoms. The number of hydrogen-bond acceptors (Lipinski definition) is 3. The molecule has 2 aromatic carbocycles. The normalized spacial score (nSPS) is 10.2. The van der Waals surface area contributed by atoms with Crippen LogP contribution in [0, 0.1) is 11.6 Å². The van der Waals surface area contributed by atoms with Crippen LogP contribution >= 0.6 is 0 Å². The van der Waals surface area contributed by atoms with Gasteiger partial charge >= 0.3 is 0 Å². The van der Waals surface area contributed by atoms with Gasteiger partial charge in [-0.25, -0.2) is 8.78 Å². The highest BCUT2D eigenvalue weighted by atomic mass is 19.1. The van der Waals surface area contributed by atoms with Crippen LogP contribution in [0.3, 0.4) is 0 Å². The predicted molar refractivity (Wildman–Crippen MR) is 74.9 cm³/mol. The van der Waals surface area contributed by atoms with E-state index < -0.39 is 17.5 Å². The van der Waals surface area contributed by atoms with Crippen LogP contribution < -0.4 is 15.8 Å². The maximum Gasteiger partial charge on any atom is 0.251 e. The first-order chi connectivity index (χ1) is 10.0. The van der Waals surface area contributed by atoms with Crippen molar-refractivity contribution in [3.63, 3.8) is 0 Å². The second-order valence-electron chi connectivity index (χ2n) is 4.38. The van der Waals surface area contributed by atoms with E-state index >= 15 is 0 Å². The Morgan fingerprint density at radius 2 is 2.00 bits per heavy atom. The minimum absolute atomic E-state index is 0.0748. The van der Waals surface area contributed by atoms with Crippen LogP contribution in [0.5, 0.6) is 5.75 Å². The number of nitrogen functional groups attached to an aromatic ring is 1. The molecule has 0 fully saturated rings. The average Bonchev–Trinajstić information content (AvgIpc) is 2.48. The summed E-state index contributed by atoms with van der Waals surface area (Å²) in [7, 11) is 1.44. The van der Waals surface area contributed by atoms with Gasteiger partial charge in [-0.15, -0.1) is 0 Å². The summed E-state index contributed by atoms with van der Waals surface area (Å²) in [6.07, 6.45) is 0. The molecule has 21 heavy (non-hydrogen) atoms. The number of ether oxygens (including phenoxy) is 1. The van der Waals surface area contributed by atoms with E-state index in [0.717, 1.165) is 18.2 Å². The summed E-state index contributed by atoms with van der Waals surface area (Å²) in [6.45, 7) is -0.116. The van der Waals surface area contributed by atoms with Crippen LogP contribution in [-0.4, -0.2) is 13.0 Å². The summed E-state index contributed by atoms with van der Waals surface area (Å²) in [5.41, 5.74) is 6.45. The molecule has 0 saturated heterocycles. The fourth-order valence-electron chi connectivity index (χ4n) is 1.81. The number of carbonyl (C=O) groups is 1. The van der Waals surface area contributed by atoms with Crippen LogP contribution in [0.1, 0.15) is 15.9 Å². The largest absolute Gasteiger partial charge is 0.495 e. The molecule has 0 saturated carbocycles. The fourth-order valence-corrected chi connectivity index (χ4v) is 1.81. The van der Waals surface area contributed by atoms with Crippen LogP contribution in [0.15, 0.2) is 36.4 Å². The molecular formula is C15H14F2N2O2. The van der Waals surface area contributed by atoms with Crippen molar-refractivity contribution in [2.24, 2.45) is 0 Å². The number of benzene rings is 2. The lowest BCUT2D eigenvalue weighted by Gasteiger charge is -2.09. The quantitative estimate of drug-likeness (QED) is 0.851. The van der Waals surface area contributed by atoms with Gasteiger partial charge in [-0.2, -0.15) is 0 Å². The number of carbonyl (C=O) groups excluding carboxylic acids is 1. The van der Waals surface area contributed by atoms with E-state index in [2.05, 4.69) is 5.32 Å². The summed E-state index contributed by atoms with van der Waals surface area (Å²) < 4.78 is 31.5. The molecule has 0 radical (unpaired) electrons. The van der Waals surface area contributed by atoms with Crippen molar-refractivity contribution in [1.82, 2.24) is 5.32 Å². The molecule has 0 spiro atoms. The Morgan fingerprint density at radius 1 is 1.24 bits per heavy atom. The van der Waals surface area contributed by atoms with Crippen molar-refractivity contribution in [2.45, 2.75) is 6.54 Å². The standard InChI is InChI=1S/C15H14F2N2O2/c1-21-14-7-9(2-5-13(14)18)15(20)19-8-10-6-11(16)3-4-12(10)17/h2-7H,8,18H2,1H3,(H,19,20). The highest BCUT2D eigenvalue weighted by Crippen LogP contribution is 2.22. The second kappa shape index (κ2) is 6.21. The van der Waals surface area contributed by atoms with Crippen LogP contribution in [0.4, 0.5) is 14.5 Å². The number of nitrogens with two attached hydrogens (primary N) is 1. The molecule has 0 aromatic heterocycles. The smallest absolute Gasteiger partial charge is 0.251 e. The van der Waals surface area contributed by atoms with Gasteiger partial charge < -0.3 is 15.8 Å². The summed E-state index contributed by atoms with van der Waals surface area (Å²) in [6, 6.07) is 7.62. The summed E-state index contributed by atoms with van der Waals surface area (Å²) in [4.78, 5) is 12.0. The molecule has 0 aliphatic carbocycles. The Bertz CT molecular complexity index is 675. The number of anilines is 1. The average molecular weight is 292 g/mol. The lowest BCUT2D eigenvalue weighted by molar-refractivity contribution is 0.0950. The summed E-state index contributed by atoms with van der Waals surface area (Å²) in [5, 5.41) is 2.51. The zero-order valence-electron chi connectivity index (χ0n) is 11.3. The Balaban J connectivity index is 2.10. The first-order valence-corrected chi connectivity index (χ1v) is 6.17. The van der Waals surface area contributed by atoms with E-state index in [-0.39, 0.29) is 12.1 Å². The third kappa shape index (κ3) is 3.47. The maximum absolute atomic E-state index is 13.4. The molecule has 2 aromatic rings. The maximum atomic E-state index is 13.4. The highest BCUT2D eigenvalue weighted by Gasteiger charge is 2.10. The molecule has 6 heteroatoms. The minimum Gasteiger partial charge on any atom is -0.495 e. The van der Waals surface area contributed by atoms with E-state index in [1.54, 1.807) is 0 Å². The van der Waals surface area contributed by atoms with Crippen molar-refractivity contribution in [3.05, 3.63) is 59.2 Å². The third-order valence-corrected chi connectivity index (χ3v) is 2.94. The summed E-state index contributed by atoms with van der Waals surface area (Å²) in [5.74, 6) is -1.20. The number of hydrogen-bond donors (Lipinski definition) is 2. The Morgan fingerprint density at radius 3 is 2.71 bits per heavy atom. The van der Waals surface area contributed by atoms with Gasteiger partial charge in [0.25, 0.3) is 5.91 Å². The van der Waals surface area contributed by atoms with Gasteiger partial charge in [0.15, 0.2) is 0 Å². The minimum atomic E-state index is -0.577. The molecule has 4 nitrogen and oxygen atoms in total. The van der Waals surface area contributed by atoms with Gasteiger partial charge in [0.05, 0.1) is 12.8 Å². The molecular weight excluding hydrogens is 278 g/mol. The van der Waals surface area contributed by atoms with E-state index in [0.29, 0.717) is 17.0 Å². The number of nitrogens with one attached hydrogen (secondary N) is 1. The van der Waals surface area contributed by atoms with Crippen LogP contribution in [-0.2, 0) is 6.54 Å². The highest BCUT2D eigenvalue weighted by molar-refractivity contribution is 5.95. The number of rotatable bonds is 4. The van der Waals surface area contributed by atoms with Gasteiger partial charge in [0.2, 0.25) is 0 Å². The monoisotopic (exact) mass is 292 g/mol. The van der Waals surface area contributed by atoms with Gasteiger partial charge in [-0.3, -0.25) is 4.79 Å². The second-order valence-corrected chi connectivity index (χ2v) is 4.38. The van der Waals surface area contributed by atoms with E-state index in [1.807, 2.05) is 0 Å². The molecule has 0 aliphatic rings. The molecule has 0 atom stereocenters. The number of halogens is 2. The molecule has 0 aliphatic heterocycles. The molecule has 3 N–H and O–H groups in total. The Labute approximate surface area is 120 Å². The lowest BCUT2D eigenvalue weighted by Crippen LogP contribution is -2.23. The Kier molecular flexibility index (Phi) is 4.37. The van der Waals surface area contributed by atoms with Crippen molar-refractivity contribution < 1.29 is 18.3 Å². The van der Waals surface area contributed by atoms with Crippen LogP contribution in [0.25, 0.3) is 0 Å². The molecule has 0 unspecified atom stereocenters. The van der Waals surface area contributed by atoms with Crippen molar-refractivity contribution >= 4 is 11.6 Å². The topological polar surface area (TPSA) is 64.3 Å². The zero-order valence-corrected chi connectivity index (χ0v) is 11.3. The van der Waals surface area contributed by atoms with Gasteiger partial charge in [0.1, 0.15) is 17.4 Å². The molecule has 2 rings (SSSR count). The SMILES string of the molecule is COc1cc(C(=O)NCc2cc(F)ccc2F)ccc1N. The van der Waals surface area contributed by atoms with Crippen molar-refractivity contribution in [2.75, 3.05) is 12.8 Å². The third-order valence-electron chi connectivity index (χ3n) is 2.94.